The average molecular weight is 345 g/mol. The van der Waals surface area contributed by atoms with Crippen molar-refractivity contribution in [1.82, 2.24) is 4.98 Å². The molecule has 1 aromatic heterocycles. The van der Waals surface area contributed by atoms with Gasteiger partial charge in [0.1, 0.15) is 11.4 Å². The number of amides is 1. The maximum absolute atomic E-state index is 12.9. The third kappa shape index (κ3) is 3.11. The molecule has 0 aliphatic carbocycles. The number of hydrogen-bond donors (Lipinski definition) is 1. The summed E-state index contributed by atoms with van der Waals surface area (Å²) >= 11 is 0. The summed E-state index contributed by atoms with van der Waals surface area (Å²) < 4.78 is 5.17. The zero-order valence-electron chi connectivity index (χ0n) is 14.5. The Morgan fingerprint density at radius 1 is 1.08 bits per heavy atom. The first-order valence-corrected chi connectivity index (χ1v) is 8.51. The van der Waals surface area contributed by atoms with Gasteiger partial charge in [0.05, 0.1) is 7.11 Å². The first kappa shape index (κ1) is 16.1. The molecule has 0 saturated heterocycles. The Labute approximate surface area is 152 Å². The summed E-state index contributed by atoms with van der Waals surface area (Å²) in [6, 6.07) is 19.3. The highest BCUT2D eigenvalue weighted by Gasteiger charge is 2.25. The van der Waals surface area contributed by atoms with Crippen molar-refractivity contribution in [1.29, 1.82) is 0 Å². The number of pyridine rings is 1. The lowest BCUT2D eigenvalue weighted by atomic mass is 10.2. The first-order chi connectivity index (χ1) is 12.7. The van der Waals surface area contributed by atoms with E-state index in [1.54, 1.807) is 24.3 Å². The third-order valence-electron chi connectivity index (χ3n) is 4.49. The summed E-state index contributed by atoms with van der Waals surface area (Å²) in [6.45, 7) is 0.690. The van der Waals surface area contributed by atoms with Gasteiger partial charge in [0, 0.05) is 29.8 Å². The number of ether oxygens (including phenoxy) is 1. The van der Waals surface area contributed by atoms with E-state index in [1.807, 2.05) is 48.5 Å². The normalized spacial score (nSPS) is 12.6. The molecule has 130 valence electrons. The van der Waals surface area contributed by atoms with E-state index in [0.717, 1.165) is 29.2 Å². The predicted octanol–water partition coefficient (Wildman–Crippen LogP) is 4.04. The molecule has 1 aliphatic heterocycles. The second kappa shape index (κ2) is 6.88. The molecule has 4 rings (SSSR count). The van der Waals surface area contributed by atoms with E-state index < -0.39 is 0 Å². The van der Waals surface area contributed by atoms with Crippen LogP contribution in [0, 0.1) is 0 Å². The fourth-order valence-electron chi connectivity index (χ4n) is 3.15. The minimum Gasteiger partial charge on any atom is -0.497 e. The molecule has 0 radical (unpaired) electrons. The maximum atomic E-state index is 12.9. The number of methoxy groups -OCH3 is 1. The zero-order valence-corrected chi connectivity index (χ0v) is 14.5. The van der Waals surface area contributed by atoms with Crippen LogP contribution in [0.5, 0.6) is 5.75 Å². The summed E-state index contributed by atoms with van der Waals surface area (Å²) in [6.07, 6.45) is 2.53. The van der Waals surface area contributed by atoms with Crippen LogP contribution in [-0.2, 0) is 6.42 Å². The van der Waals surface area contributed by atoms with E-state index in [9.17, 15) is 4.79 Å². The van der Waals surface area contributed by atoms with Crippen LogP contribution in [0.1, 0.15) is 16.1 Å². The van der Waals surface area contributed by atoms with Crippen LogP contribution in [0.3, 0.4) is 0 Å². The van der Waals surface area contributed by atoms with Crippen molar-refractivity contribution in [3.63, 3.8) is 0 Å². The maximum Gasteiger partial charge on any atom is 0.276 e. The standard InChI is InChI=1S/C21H19N3O2/c1-26-18-8-6-16(7-9-18)23-17-10-12-22-19(14-17)21(25)24-13-11-15-4-2-3-5-20(15)24/h2-10,12,14H,11,13H2,1H3,(H,22,23). The van der Waals surface area contributed by atoms with Crippen molar-refractivity contribution in [3.8, 4) is 5.75 Å². The van der Waals surface area contributed by atoms with E-state index >= 15 is 0 Å². The van der Waals surface area contributed by atoms with Crippen LogP contribution in [-0.4, -0.2) is 24.5 Å². The summed E-state index contributed by atoms with van der Waals surface area (Å²) in [7, 11) is 1.64. The molecular weight excluding hydrogens is 326 g/mol. The molecule has 1 amide bonds. The minimum absolute atomic E-state index is 0.0756. The molecule has 0 atom stereocenters. The number of benzene rings is 2. The van der Waals surface area contributed by atoms with Gasteiger partial charge in [0.2, 0.25) is 0 Å². The van der Waals surface area contributed by atoms with Gasteiger partial charge in [-0.3, -0.25) is 9.78 Å². The Morgan fingerprint density at radius 2 is 1.88 bits per heavy atom. The van der Waals surface area contributed by atoms with Gasteiger partial charge in [-0.05, 0) is 54.4 Å². The predicted molar refractivity (Wildman–Crippen MR) is 102 cm³/mol. The molecule has 5 nitrogen and oxygen atoms in total. The van der Waals surface area contributed by atoms with Crippen molar-refractivity contribution in [3.05, 3.63) is 78.1 Å². The fraction of sp³-hybridized carbons (Fsp3) is 0.143. The van der Waals surface area contributed by atoms with Gasteiger partial charge in [-0.15, -0.1) is 0 Å². The summed E-state index contributed by atoms with van der Waals surface area (Å²) in [5.74, 6) is 0.724. The van der Waals surface area contributed by atoms with E-state index in [4.69, 9.17) is 4.74 Å². The fourth-order valence-corrected chi connectivity index (χ4v) is 3.15. The Bertz CT molecular complexity index is 938. The van der Waals surface area contributed by atoms with E-state index in [-0.39, 0.29) is 5.91 Å². The van der Waals surface area contributed by atoms with Crippen LogP contribution in [0.2, 0.25) is 0 Å². The Kier molecular flexibility index (Phi) is 4.27. The largest absolute Gasteiger partial charge is 0.497 e. The number of para-hydroxylation sites is 1. The van der Waals surface area contributed by atoms with Gasteiger partial charge in [0.15, 0.2) is 0 Å². The van der Waals surface area contributed by atoms with Gasteiger partial charge in [0.25, 0.3) is 5.91 Å². The van der Waals surface area contributed by atoms with Crippen molar-refractivity contribution in [2.75, 3.05) is 23.9 Å². The van der Waals surface area contributed by atoms with Crippen LogP contribution >= 0.6 is 0 Å². The number of hydrogen-bond acceptors (Lipinski definition) is 4. The number of nitrogens with one attached hydrogen (secondary N) is 1. The van der Waals surface area contributed by atoms with Gasteiger partial charge in [-0.25, -0.2) is 0 Å². The lowest BCUT2D eigenvalue weighted by molar-refractivity contribution is 0.0984. The molecule has 1 aliphatic rings. The molecule has 0 unspecified atom stereocenters. The number of aromatic nitrogens is 1. The Balaban J connectivity index is 1.55. The highest BCUT2D eigenvalue weighted by atomic mass is 16.5. The topological polar surface area (TPSA) is 54.5 Å². The third-order valence-corrected chi connectivity index (χ3v) is 4.49. The van der Waals surface area contributed by atoms with Crippen LogP contribution in [0.4, 0.5) is 17.1 Å². The van der Waals surface area contributed by atoms with Gasteiger partial charge in [-0.2, -0.15) is 0 Å². The average Bonchev–Trinajstić information content (AvgIpc) is 3.12. The zero-order chi connectivity index (χ0) is 17.9. The van der Waals surface area contributed by atoms with Gasteiger partial charge < -0.3 is 15.0 Å². The van der Waals surface area contributed by atoms with Gasteiger partial charge >= 0.3 is 0 Å². The number of carbonyl (C=O) groups excluding carboxylic acids is 1. The number of rotatable bonds is 4. The molecule has 0 saturated carbocycles. The first-order valence-electron chi connectivity index (χ1n) is 8.51. The lowest BCUT2D eigenvalue weighted by Gasteiger charge is -2.17. The summed E-state index contributed by atoms with van der Waals surface area (Å²) in [4.78, 5) is 19.0. The van der Waals surface area contributed by atoms with Crippen molar-refractivity contribution in [2.24, 2.45) is 0 Å². The molecule has 2 heterocycles. The molecule has 0 bridgehead atoms. The van der Waals surface area contributed by atoms with Gasteiger partial charge in [-0.1, -0.05) is 18.2 Å². The van der Waals surface area contributed by atoms with E-state index in [1.165, 1.54) is 5.56 Å². The highest BCUT2D eigenvalue weighted by Crippen LogP contribution is 2.29. The molecule has 2 aromatic carbocycles. The smallest absolute Gasteiger partial charge is 0.276 e. The van der Waals surface area contributed by atoms with Crippen molar-refractivity contribution >= 4 is 23.0 Å². The second-order valence-electron chi connectivity index (χ2n) is 6.12. The van der Waals surface area contributed by atoms with E-state index in [0.29, 0.717) is 12.2 Å². The lowest BCUT2D eigenvalue weighted by Crippen LogP contribution is -2.29. The number of anilines is 3. The molecule has 1 N–H and O–H groups in total. The van der Waals surface area contributed by atoms with Crippen LogP contribution in [0.15, 0.2) is 66.9 Å². The summed E-state index contributed by atoms with van der Waals surface area (Å²) in [5.41, 5.74) is 4.35. The molecule has 0 spiro atoms. The Morgan fingerprint density at radius 3 is 2.69 bits per heavy atom. The molecule has 26 heavy (non-hydrogen) atoms. The Hall–Kier alpha value is -3.34. The minimum atomic E-state index is -0.0756. The second-order valence-corrected chi connectivity index (χ2v) is 6.12. The van der Waals surface area contributed by atoms with Crippen molar-refractivity contribution < 1.29 is 9.53 Å². The SMILES string of the molecule is COc1ccc(Nc2ccnc(C(=O)N3CCc4ccccc43)c2)cc1. The molecular formula is C21H19N3O2. The number of nitrogens with zero attached hydrogens (tertiary/aromatic N) is 2. The number of fused-ring (bicyclic) bond motifs is 1. The van der Waals surface area contributed by atoms with Crippen molar-refractivity contribution in [2.45, 2.75) is 6.42 Å². The highest BCUT2D eigenvalue weighted by molar-refractivity contribution is 6.06. The molecule has 3 aromatic rings. The molecule has 0 fully saturated rings. The monoisotopic (exact) mass is 345 g/mol. The summed E-state index contributed by atoms with van der Waals surface area (Å²) in [5, 5.41) is 3.29. The van der Waals surface area contributed by atoms with Crippen LogP contribution < -0.4 is 15.0 Å². The molecule has 5 heteroatoms. The van der Waals surface area contributed by atoms with Crippen LogP contribution in [0.25, 0.3) is 0 Å². The quantitative estimate of drug-likeness (QED) is 0.775. The number of carbonyl (C=O) groups is 1. The van der Waals surface area contributed by atoms with E-state index in [2.05, 4.69) is 16.4 Å².